The number of aliphatic imine (C=N–C) groups is 1. The lowest BCUT2D eigenvalue weighted by molar-refractivity contribution is -0.210. The van der Waals surface area contributed by atoms with Gasteiger partial charge in [-0.25, -0.2) is 4.99 Å². The Morgan fingerprint density at radius 2 is 2.00 bits per heavy atom. The maximum atomic E-state index is 12.1. The molecule has 10 heteroatoms. The largest absolute Gasteiger partial charge is 0.493 e. The Kier molecular flexibility index (Phi) is 8.97. The fraction of sp³-hybridized carbons (Fsp3) is 0.636. The van der Waals surface area contributed by atoms with Gasteiger partial charge in [0.2, 0.25) is 5.91 Å². The second-order valence-corrected chi connectivity index (χ2v) is 8.28. The van der Waals surface area contributed by atoms with Gasteiger partial charge >= 0.3 is 0 Å². The molecule has 1 aromatic carbocycles. The van der Waals surface area contributed by atoms with Gasteiger partial charge in [-0.1, -0.05) is 18.2 Å². The van der Waals surface area contributed by atoms with Crippen molar-refractivity contribution in [2.75, 3.05) is 53.6 Å². The number of carbonyl (C=O) groups excluding carboxylic acids is 1. The van der Waals surface area contributed by atoms with Gasteiger partial charge in [0.1, 0.15) is 18.4 Å². The van der Waals surface area contributed by atoms with Crippen molar-refractivity contribution in [2.45, 2.75) is 37.2 Å². The lowest BCUT2D eigenvalue weighted by Gasteiger charge is -2.32. The fourth-order valence-electron chi connectivity index (χ4n) is 3.97. The summed E-state index contributed by atoms with van der Waals surface area (Å²) in [6, 6.07) is 8.04. The van der Waals surface area contributed by atoms with E-state index in [-0.39, 0.29) is 48.6 Å². The van der Waals surface area contributed by atoms with Crippen molar-refractivity contribution >= 4 is 35.8 Å². The van der Waals surface area contributed by atoms with E-state index in [1.54, 1.807) is 14.1 Å². The molecule has 0 aromatic heterocycles. The fourth-order valence-corrected chi connectivity index (χ4v) is 3.97. The van der Waals surface area contributed by atoms with Crippen LogP contribution in [0.4, 0.5) is 0 Å². The van der Waals surface area contributed by atoms with Crippen molar-refractivity contribution < 1.29 is 23.7 Å². The number of benzene rings is 1. The molecule has 32 heavy (non-hydrogen) atoms. The van der Waals surface area contributed by atoms with Crippen molar-refractivity contribution in [3.8, 4) is 5.75 Å². The van der Waals surface area contributed by atoms with Gasteiger partial charge in [0.05, 0.1) is 32.5 Å². The van der Waals surface area contributed by atoms with Crippen molar-refractivity contribution in [3.63, 3.8) is 0 Å². The summed E-state index contributed by atoms with van der Waals surface area (Å²) in [5, 5.41) is 6.82. The third kappa shape index (κ3) is 6.24. The number of halogens is 1. The predicted molar refractivity (Wildman–Crippen MR) is 130 cm³/mol. The second kappa shape index (κ2) is 11.5. The van der Waals surface area contributed by atoms with E-state index in [1.165, 1.54) is 4.90 Å². The first kappa shape index (κ1) is 25.0. The lowest BCUT2D eigenvalue weighted by Crippen LogP contribution is -2.45. The maximum absolute atomic E-state index is 12.1. The average molecular weight is 560 g/mol. The summed E-state index contributed by atoms with van der Waals surface area (Å²) in [7, 11) is 3.45. The molecule has 3 aliphatic rings. The van der Waals surface area contributed by atoms with Crippen LogP contribution in [0.2, 0.25) is 0 Å². The van der Waals surface area contributed by atoms with Crippen molar-refractivity contribution in [1.82, 2.24) is 15.5 Å². The Hall–Kier alpha value is -1.63. The molecule has 178 valence electrons. The van der Waals surface area contributed by atoms with Crippen LogP contribution in [0.25, 0.3) is 0 Å². The maximum Gasteiger partial charge on any atom is 0.243 e. The Balaban J connectivity index is 0.00000289. The topological polar surface area (TPSA) is 93.7 Å². The number of fused-ring (bicyclic) bond motifs is 1. The number of likely N-dealkylation sites (N-methyl/N-ethyl adjacent to an activating group) is 1. The van der Waals surface area contributed by atoms with E-state index in [1.807, 2.05) is 18.2 Å². The van der Waals surface area contributed by atoms with Crippen LogP contribution < -0.4 is 15.4 Å². The molecule has 3 aliphatic heterocycles. The molecular formula is C22H33IN4O5. The van der Waals surface area contributed by atoms with E-state index in [4.69, 9.17) is 18.9 Å². The molecule has 9 nitrogen and oxygen atoms in total. The highest BCUT2D eigenvalue weighted by Crippen LogP contribution is 2.33. The molecule has 2 fully saturated rings. The van der Waals surface area contributed by atoms with Crippen molar-refractivity contribution in [3.05, 3.63) is 29.8 Å². The number of para-hydroxylation sites is 1. The molecular weight excluding hydrogens is 527 g/mol. The number of nitrogens with one attached hydrogen (secondary N) is 2. The first-order valence-corrected chi connectivity index (χ1v) is 10.9. The number of hydrogen-bond acceptors (Lipinski definition) is 6. The van der Waals surface area contributed by atoms with E-state index in [2.05, 4.69) is 21.7 Å². The van der Waals surface area contributed by atoms with Crippen LogP contribution in [0.5, 0.6) is 5.75 Å². The summed E-state index contributed by atoms with van der Waals surface area (Å²) >= 11 is 0. The molecule has 0 bridgehead atoms. The number of rotatable bonds is 5. The number of nitrogens with zero attached hydrogens (tertiary/aromatic N) is 2. The van der Waals surface area contributed by atoms with Crippen molar-refractivity contribution in [2.24, 2.45) is 4.99 Å². The third-order valence-corrected chi connectivity index (χ3v) is 5.81. The molecule has 4 rings (SSSR count). The van der Waals surface area contributed by atoms with Gasteiger partial charge in [-0.15, -0.1) is 24.0 Å². The molecule has 3 heterocycles. The molecule has 2 atom stereocenters. The quantitative estimate of drug-likeness (QED) is 0.322. The van der Waals surface area contributed by atoms with Crippen molar-refractivity contribution in [1.29, 1.82) is 0 Å². The molecule has 2 N–H and O–H groups in total. The Labute approximate surface area is 206 Å². The van der Waals surface area contributed by atoms with E-state index in [9.17, 15) is 4.79 Å². The van der Waals surface area contributed by atoms with Gasteiger partial charge < -0.3 is 34.5 Å². The number of hydrogen-bond donors (Lipinski definition) is 2. The Bertz CT molecular complexity index is 800. The molecule has 2 unspecified atom stereocenters. The molecule has 2 saturated heterocycles. The van der Waals surface area contributed by atoms with Gasteiger partial charge in [-0.3, -0.25) is 4.79 Å². The lowest BCUT2D eigenvalue weighted by atomic mass is 10.0. The standard InChI is InChI=1S/C22H32N4O5.HI/c1-26(2)20(27)14-24-21(25-18-7-10-29-19-6-4-3-5-17(18)19)23-13-16-15-30-22(31-16)8-11-28-12-9-22;/h3-6,16,18H,7-15H2,1-2H3,(H2,23,24,25);1H. The van der Waals surface area contributed by atoms with Crippen LogP contribution in [0.3, 0.4) is 0 Å². The summed E-state index contributed by atoms with van der Waals surface area (Å²) < 4.78 is 23.4. The number of carbonyl (C=O) groups is 1. The normalized spacial score (nSPS) is 24.1. The van der Waals surface area contributed by atoms with E-state index >= 15 is 0 Å². The van der Waals surface area contributed by atoms with Gasteiger partial charge in [0, 0.05) is 45.5 Å². The van der Waals surface area contributed by atoms with Crippen LogP contribution in [0.15, 0.2) is 29.3 Å². The first-order valence-electron chi connectivity index (χ1n) is 10.9. The van der Waals surface area contributed by atoms with Gasteiger partial charge in [-0.05, 0) is 6.07 Å². The first-order chi connectivity index (χ1) is 15.0. The minimum Gasteiger partial charge on any atom is -0.493 e. The molecule has 0 saturated carbocycles. The van der Waals surface area contributed by atoms with Crippen LogP contribution in [-0.2, 0) is 19.0 Å². The van der Waals surface area contributed by atoms with Gasteiger partial charge in [-0.2, -0.15) is 0 Å². The predicted octanol–water partition coefficient (Wildman–Crippen LogP) is 1.67. The Morgan fingerprint density at radius 3 is 2.78 bits per heavy atom. The van der Waals surface area contributed by atoms with Crippen LogP contribution in [0, 0.1) is 0 Å². The average Bonchev–Trinajstić information content (AvgIpc) is 3.17. The molecule has 1 amide bonds. The highest BCUT2D eigenvalue weighted by molar-refractivity contribution is 14.0. The zero-order valence-electron chi connectivity index (χ0n) is 18.7. The van der Waals surface area contributed by atoms with Crippen LogP contribution >= 0.6 is 24.0 Å². The highest BCUT2D eigenvalue weighted by atomic mass is 127. The molecule has 0 aliphatic carbocycles. The summed E-state index contributed by atoms with van der Waals surface area (Å²) in [4.78, 5) is 18.1. The molecule has 1 spiro atoms. The van der Waals surface area contributed by atoms with Crippen LogP contribution in [-0.4, -0.2) is 82.3 Å². The SMILES string of the molecule is CN(C)C(=O)CN=C(NCC1COC2(CCOCC2)O1)NC1CCOc2ccccc21.I. The number of ether oxygens (including phenoxy) is 4. The van der Waals surface area contributed by atoms with Crippen LogP contribution in [0.1, 0.15) is 30.9 Å². The minimum absolute atomic E-state index is 0. The third-order valence-electron chi connectivity index (χ3n) is 5.81. The highest BCUT2D eigenvalue weighted by Gasteiger charge is 2.42. The van der Waals surface area contributed by atoms with Gasteiger partial charge in [0.15, 0.2) is 11.7 Å². The smallest absolute Gasteiger partial charge is 0.243 e. The van der Waals surface area contributed by atoms with E-state index < -0.39 is 5.79 Å². The summed E-state index contributed by atoms with van der Waals surface area (Å²) in [5.41, 5.74) is 1.09. The number of amides is 1. The van der Waals surface area contributed by atoms with Gasteiger partial charge in [0.25, 0.3) is 0 Å². The molecule has 0 radical (unpaired) electrons. The summed E-state index contributed by atoms with van der Waals surface area (Å²) in [6.45, 7) is 3.07. The van der Waals surface area contributed by atoms with E-state index in [0.717, 1.165) is 30.6 Å². The van der Waals surface area contributed by atoms with E-state index in [0.29, 0.717) is 38.9 Å². The minimum atomic E-state index is -0.518. The second-order valence-electron chi connectivity index (χ2n) is 8.28. The zero-order valence-corrected chi connectivity index (χ0v) is 21.0. The summed E-state index contributed by atoms with van der Waals surface area (Å²) in [6.07, 6.45) is 2.22. The zero-order chi connectivity index (χ0) is 21.7. The monoisotopic (exact) mass is 560 g/mol. The molecule has 1 aromatic rings. The Morgan fingerprint density at radius 1 is 1.22 bits per heavy atom. The number of guanidine groups is 1. The summed E-state index contributed by atoms with van der Waals surface area (Å²) in [5.74, 6) is 0.878.